The topological polar surface area (TPSA) is 57.1 Å². The Hall–Kier alpha value is -6.85. The van der Waals surface area contributed by atoms with Crippen molar-refractivity contribution in [3.8, 4) is 90.5 Å². The highest BCUT2D eigenvalue weighted by atomic mass is 16.6. The second-order valence-corrected chi connectivity index (χ2v) is 16.0. The van der Waals surface area contributed by atoms with Crippen molar-refractivity contribution >= 4 is 0 Å². The lowest BCUT2D eigenvalue weighted by atomic mass is 9.82. The van der Waals surface area contributed by atoms with Gasteiger partial charge < -0.3 is 9.47 Å². The largest absolute Gasteiger partial charge is 0.449 e. The summed E-state index contributed by atoms with van der Waals surface area (Å²) in [7, 11) is 0. The van der Waals surface area contributed by atoms with Gasteiger partial charge >= 0.3 is 0 Å². The Labute approximate surface area is 326 Å². The van der Waals surface area contributed by atoms with Crippen molar-refractivity contribution in [1.82, 2.24) is 15.0 Å². The van der Waals surface area contributed by atoms with Gasteiger partial charge in [0.1, 0.15) is 0 Å². The smallest absolute Gasteiger partial charge is 0.178 e. The van der Waals surface area contributed by atoms with E-state index in [9.17, 15) is 0 Å². The monoisotopic (exact) mass is 723 g/mol. The predicted octanol–water partition coefficient (Wildman–Crippen LogP) is 13.1. The summed E-state index contributed by atoms with van der Waals surface area (Å²) in [6, 6.07) is 52.7. The van der Waals surface area contributed by atoms with Crippen molar-refractivity contribution in [1.29, 1.82) is 0 Å². The van der Waals surface area contributed by atoms with E-state index in [0.717, 1.165) is 39.1 Å². The third-order valence-electron chi connectivity index (χ3n) is 12.0. The Balaban J connectivity index is 1.01. The standard InChI is InChI=1S/C51H37N3O2/c1-50(2)39-21-13-11-19-37(39)45-40(50)25-27-43-46(45)56-42-26-23-31(29-44(42)55-43)33-16-8-9-18-36(33)49-53-47(30-14-6-5-7-15-30)52-48(54-49)32-22-24-35-34-17-10-12-20-38(34)51(3,4)41(35)28-32/h5-29H,1-4H3. The van der Waals surface area contributed by atoms with E-state index in [1.165, 1.54) is 38.9 Å². The number of hydrogen-bond donors (Lipinski definition) is 0. The van der Waals surface area contributed by atoms with Crippen LogP contribution < -0.4 is 9.47 Å². The number of hydrogen-bond acceptors (Lipinski definition) is 5. The predicted molar refractivity (Wildman–Crippen MR) is 223 cm³/mol. The van der Waals surface area contributed by atoms with E-state index in [2.05, 4.69) is 125 Å². The van der Waals surface area contributed by atoms with Crippen molar-refractivity contribution in [2.24, 2.45) is 0 Å². The molecule has 0 N–H and O–H groups in total. The summed E-state index contributed by atoms with van der Waals surface area (Å²) in [4.78, 5) is 15.4. The van der Waals surface area contributed by atoms with E-state index in [4.69, 9.17) is 24.4 Å². The molecule has 0 amide bonds. The van der Waals surface area contributed by atoms with Crippen LogP contribution in [0, 0.1) is 0 Å². The first-order chi connectivity index (χ1) is 27.3. The minimum absolute atomic E-state index is 0.129. The molecule has 5 nitrogen and oxygen atoms in total. The van der Waals surface area contributed by atoms with Crippen LogP contribution in [0.3, 0.4) is 0 Å². The molecule has 1 aromatic heterocycles. The highest BCUT2D eigenvalue weighted by molar-refractivity contribution is 5.89. The van der Waals surface area contributed by atoms with Crippen molar-refractivity contribution < 1.29 is 9.47 Å². The number of benzene rings is 7. The molecule has 268 valence electrons. The number of rotatable bonds is 4. The van der Waals surface area contributed by atoms with Crippen LogP contribution in [-0.2, 0) is 10.8 Å². The first-order valence-corrected chi connectivity index (χ1v) is 19.2. The Morgan fingerprint density at radius 2 is 0.929 bits per heavy atom. The summed E-state index contributed by atoms with van der Waals surface area (Å²) in [5.41, 5.74) is 14.5. The molecule has 0 saturated heterocycles. The summed E-state index contributed by atoms with van der Waals surface area (Å²) < 4.78 is 13.4. The van der Waals surface area contributed by atoms with Gasteiger partial charge in [-0.3, -0.25) is 0 Å². The van der Waals surface area contributed by atoms with Crippen LogP contribution in [0.2, 0.25) is 0 Å². The third-order valence-corrected chi connectivity index (χ3v) is 12.0. The lowest BCUT2D eigenvalue weighted by molar-refractivity contribution is 0.360. The molecule has 11 rings (SSSR count). The van der Waals surface area contributed by atoms with Crippen LogP contribution in [0.5, 0.6) is 23.0 Å². The number of aromatic nitrogens is 3. The summed E-state index contributed by atoms with van der Waals surface area (Å²) >= 11 is 0. The maximum atomic E-state index is 6.71. The maximum Gasteiger partial charge on any atom is 0.178 e. The molecule has 0 atom stereocenters. The summed E-state index contributed by atoms with van der Waals surface area (Å²) in [6.45, 7) is 9.14. The Bertz CT molecular complexity index is 2930. The summed E-state index contributed by atoms with van der Waals surface area (Å²) in [5.74, 6) is 4.69. The molecule has 2 aliphatic carbocycles. The Kier molecular flexibility index (Phi) is 6.88. The van der Waals surface area contributed by atoms with Gasteiger partial charge in [-0.25, -0.2) is 15.0 Å². The van der Waals surface area contributed by atoms with Gasteiger partial charge in [0.25, 0.3) is 0 Å². The third kappa shape index (κ3) is 4.77. The first-order valence-electron chi connectivity index (χ1n) is 19.2. The molecule has 2 heterocycles. The van der Waals surface area contributed by atoms with Crippen LogP contribution in [0.25, 0.3) is 67.5 Å². The normalized spacial score (nSPS) is 14.6. The van der Waals surface area contributed by atoms with E-state index in [0.29, 0.717) is 34.7 Å². The molecule has 0 spiro atoms. The number of ether oxygens (including phenoxy) is 2. The molecule has 1 aliphatic heterocycles. The summed E-state index contributed by atoms with van der Waals surface area (Å²) in [6.07, 6.45) is 0. The first kappa shape index (κ1) is 32.6. The van der Waals surface area contributed by atoms with Gasteiger partial charge in [-0.2, -0.15) is 0 Å². The van der Waals surface area contributed by atoms with E-state index >= 15 is 0 Å². The van der Waals surface area contributed by atoms with Crippen LogP contribution in [0.4, 0.5) is 0 Å². The fraction of sp³-hybridized carbons (Fsp3) is 0.118. The van der Waals surface area contributed by atoms with Gasteiger partial charge in [-0.1, -0.05) is 155 Å². The van der Waals surface area contributed by atoms with Crippen LogP contribution in [0.15, 0.2) is 152 Å². The van der Waals surface area contributed by atoms with E-state index in [1.54, 1.807) is 0 Å². The lowest BCUT2D eigenvalue weighted by Crippen LogP contribution is -2.15. The Morgan fingerprint density at radius 3 is 1.71 bits per heavy atom. The maximum absolute atomic E-state index is 6.71. The Morgan fingerprint density at radius 1 is 0.357 bits per heavy atom. The van der Waals surface area contributed by atoms with E-state index in [-0.39, 0.29) is 10.8 Å². The zero-order valence-electron chi connectivity index (χ0n) is 31.6. The molecule has 0 saturated carbocycles. The molecule has 0 unspecified atom stereocenters. The minimum Gasteiger partial charge on any atom is -0.449 e. The van der Waals surface area contributed by atoms with Gasteiger partial charge in [0, 0.05) is 33.1 Å². The second kappa shape index (κ2) is 11.8. The fourth-order valence-corrected chi connectivity index (χ4v) is 9.11. The highest BCUT2D eigenvalue weighted by Crippen LogP contribution is 2.58. The SMILES string of the molecule is CC1(C)c2ccccc2-c2ccc(-c3nc(-c4ccccc4)nc(-c4ccccc4-c4ccc5c(c4)Oc4ccc6c(c4O5)-c4ccccc4C6(C)C)n3)cc21. The number of nitrogens with zero attached hydrogens (tertiary/aromatic N) is 3. The van der Waals surface area contributed by atoms with Crippen LogP contribution in [-0.4, -0.2) is 15.0 Å². The van der Waals surface area contributed by atoms with Crippen molar-refractivity contribution in [2.75, 3.05) is 0 Å². The van der Waals surface area contributed by atoms with Gasteiger partial charge in [0.15, 0.2) is 40.5 Å². The number of fused-ring (bicyclic) bond motifs is 9. The molecular weight excluding hydrogens is 687 g/mol. The quantitative estimate of drug-likeness (QED) is 0.181. The van der Waals surface area contributed by atoms with Crippen molar-refractivity contribution in [2.45, 2.75) is 38.5 Å². The molecule has 0 bridgehead atoms. The molecule has 0 radical (unpaired) electrons. The van der Waals surface area contributed by atoms with Crippen LogP contribution >= 0.6 is 0 Å². The van der Waals surface area contributed by atoms with Gasteiger partial charge in [0.2, 0.25) is 0 Å². The highest BCUT2D eigenvalue weighted by Gasteiger charge is 2.40. The second-order valence-electron chi connectivity index (χ2n) is 16.0. The molecular formula is C51H37N3O2. The minimum atomic E-state index is -0.146. The molecule has 8 aromatic rings. The lowest BCUT2D eigenvalue weighted by Gasteiger charge is -2.25. The van der Waals surface area contributed by atoms with E-state index in [1.807, 2.05) is 54.6 Å². The molecule has 3 aliphatic rings. The van der Waals surface area contributed by atoms with Crippen molar-refractivity contribution in [3.05, 3.63) is 174 Å². The van der Waals surface area contributed by atoms with E-state index < -0.39 is 0 Å². The van der Waals surface area contributed by atoms with Gasteiger partial charge in [-0.15, -0.1) is 0 Å². The molecule has 5 heteroatoms. The summed E-state index contributed by atoms with van der Waals surface area (Å²) in [5, 5.41) is 0. The fourth-order valence-electron chi connectivity index (χ4n) is 9.11. The average Bonchev–Trinajstić information content (AvgIpc) is 3.62. The van der Waals surface area contributed by atoms with Crippen molar-refractivity contribution in [3.63, 3.8) is 0 Å². The average molecular weight is 724 g/mol. The zero-order valence-corrected chi connectivity index (χ0v) is 31.6. The molecule has 0 fully saturated rings. The molecule has 56 heavy (non-hydrogen) atoms. The van der Waals surface area contributed by atoms with Gasteiger partial charge in [-0.05, 0) is 74.3 Å². The molecule has 7 aromatic carbocycles. The zero-order chi connectivity index (χ0) is 37.8. The van der Waals surface area contributed by atoms with Crippen LogP contribution in [0.1, 0.15) is 49.9 Å². The van der Waals surface area contributed by atoms with Gasteiger partial charge in [0.05, 0.1) is 0 Å².